The first-order valence-electron chi connectivity index (χ1n) is 12.5. The fourth-order valence-corrected chi connectivity index (χ4v) is 5.31. The summed E-state index contributed by atoms with van der Waals surface area (Å²) in [5, 5.41) is 15.6. The van der Waals surface area contributed by atoms with Gasteiger partial charge in [-0.05, 0) is 48.9 Å². The van der Waals surface area contributed by atoms with E-state index in [-0.39, 0.29) is 18.0 Å². The Bertz CT molecular complexity index is 1580. The van der Waals surface area contributed by atoms with Gasteiger partial charge in [-0.1, -0.05) is 24.8 Å². The number of nitrogens with one attached hydrogen (secondary N) is 1. The van der Waals surface area contributed by atoms with Gasteiger partial charge in [0.05, 0.1) is 37.7 Å². The minimum absolute atomic E-state index is 0.0490. The average Bonchev–Trinajstić information content (AvgIpc) is 2.99. The van der Waals surface area contributed by atoms with Crippen molar-refractivity contribution in [1.82, 2.24) is 5.43 Å². The molecule has 222 valence electrons. The number of hydrogen-bond acceptors (Lipinski definition) is 10. The number of rotatable bonds is 15. The Kier molecular flexibility index (Phi) is 10.8. The largest absolute Gasteiger partial charge is 0.497 e. The molecule has 0 fully saturated rings. The number of amides is 1. The van der Waals surface area contributed by atoms with Gasteiger partial charge in [-0.15, -0.1) is 0 Å². The predicted molar refractivity (Wildman–Crippen MR) is 156 cm³/mol. The average molecular weight is 599 g/mol. The van der Waals surface area contributed by atoms with Gasteiger partial charge in [-0.25, -0.2) is 13.8 Å². The number of benzene rings is 3. The van der Waals surface area contributed by atoms with Crippen molar-refractivity contribution in [2.45, 2.75) is 11.8 Å². The van der Waals surface area contributed by atoms with Gasteiger partial charge in [0.2, 0.25) is 0 Å². The standard InChI is InChI=1S/C28H30N4O9S/c1-5-15-41-24-14-11-20(16-26(24)40-6-2)18-29-30-28(33)19-31(22-13-12-21(38-3)17-25(22)39-4)42(36,37)27-10-8-7-9-23(27)32(34)35/h5,7-14,16-18H,1,6,15,19H2,2-4H3,(H,30,33)/b29-18-. The molecule has 0 bridgehead atoms. The van der Waals surface area contributed by atoms with Gasteiger partial charge < -0.3 is 18.9 Å². The number of nitro benzene ring substituents is 1. The van der Waals surface area contributed by atoms with Crippen LogP contribution < -0.4 is 28.7 Å². The van der Waals surface area contributed by atoms with Gasteiger partial charge in [-0.2, -0.15) is 5.10 Å². The maximum atomic E-state index is 13.8. The zero-order chi connectivity index (χ0) is 30.7. The van der Waals surface area contributed by atoms with Crippen LogP contribution >= 0.6 is 0 Å². The van der Waals surface area contributed by atoms with Crippen molar-refractivity contribution < 1.29 is 37.1 Å². The molecule has 14 heteroatoms. The highest BCUT2D eigenvalue weighted by Crippen LogP contribution is 2.37. The van der Waals surface area contributed by atoms with E-state index in [0.717, 1.165) is 12.1 Å². The molecular weight excluding hydrogens is 568 g/mol. The second-order valence-corrected chi connectivity index (χ2v) is 10.1. The van der Waals surface area contributed by atoms with E-state index in [2.05, 4.69) is 17.1 Å². The Morgan fingerprint density at radius 3 is 2.48 bits per heavy atom. The molecule has 0 atom stereocenters. The minimum atomic E-state index is -4.66. The van der Waals surface area contributed by atoms with E-state index in [1.54, 1.807) is 24.3 Å². The van der Waals surface area contributed by atoms with Crippen LogP contribution in [-0.4, -0.2) is 59.4 Å². The summed E-state index contributed by atoms with van der Waals surface area (Å²) in [5.41, 5.74) is 2.15. The van der Waals surface area contributed by atoms with E-state index in [1.165, 1.54) is 50.8 Å². The van der Waals surface area contributed by atoms with Crippen LogP contribution in [0.1, 0.15) is 12.5 Å². The van der Waals surface area contributed by atoms with Gasteiger partial charge in [0, 0.05) is 12.1 Å². The molecule has 42 heavy (non-hydrogen) atoms. The summed E-state index contributed by atoms with van der Waals surface area (Å²) in [5.74, 6) is 0.544. The van der Waals surface area contributed by atoms with Crippen molar-refractivity contribution in [3.8, 4) is 23.0 Å². The fourth-order valence-electron chi connectivity index (χ4n) is 3.72. The lowest BCUT2D eigenvalue weighted by atomic mass is 10.2. The third-order valence-electron chi connectivity index (χ3n) is 5.60. The third-order valence-corrected chi connectivity index (χ3v) is 7.41. The first-order valence-corrected chi connectivity index (χ1v) is 13.9. The molecule has 1 amide bonds. The van der Waals surface area contributed by atoms with Gasteiger partial charge in [0.1, 0.15) is 24.7 Å². The molecule has 0 aromatic heterocycles. The third kappa shape index (κ3) is 7.54. The molecule has 0 aliphatic heterocycles. The molecule has 1 N–H and O–H groups in total. The molecule has 3 aromatic rings. The second-order valence-electron chi connectivity index (χ2n) is 8.31. The highest BCUT2D eigenvalue weighted by atomic mass is 32.2. The smallest absolute Gasteiger partial charge is 0.289 e. The highest BCUT2D eigenvalue weighted by molar-refractivity contribution is 7.93. The molecular formula is C28H30N4O9S. The molecule has 13 nitrogen and oxygen atoms in total. The van der Waals surface area contributed by atoms with Gasteiger partial charge in [-0.3, -0.25) is 19.2 Å². The fraction of sp³-hybridized carbons (Fsp3) is 0.214. The van der Waals surface area contributed by atoms with Gasteiger partial charge in [0.15, 0.2) is 16.4 Å². The predicted octanol–water partition coefficient (Wildman–Crippen LogP) is 3.92. The van der Waals surface area contributed by atoms with Crippen molar-refractivity contribution in [1.29, 1.82) is 0 Å². The number of carbonyl (C=O) groups excluding carboxylic acids is 1. The van der Waals surface area contributed by atoms with Crippen LogP contribution in [0, 0.1) is 10.1 Å². The topological polar surface area (TPSA) is 159 Å². The molecule has 0 aliphatic carbocycles. The first-order chi connectivity index (χ1) is 20.2. The Morgan fingerprint density at radius 2 is 1.81 bits per heavy atom. The zero-order valence-electron chi connectivity index (χ0n) is 23.2. The lowest BCUT2D eigenvalue weighted by Gasteiger charge is -2.25. The molecule has 0 spiro atoms. The van der Waals surface area contributed by atoms with Crippen molar-refractivity contribution in [3.05, 3.63) is 89.0 Å². The molecule has 0 unspecified atom stereocenters. The number of para-hydroxylation sites is 1. The molecule has 0 aliphatic rings. The molecule has 0 saturated heterocycles. The number of nitro groups is 1. The highest BCUT2D eigenvalue weighted by Gasteiger charge is 2.34. The Morgan fingerprint density at radius 1 is 1.05 bits per heavy atom. The lowest BCUT2D eigenvalue weighted by molar-refractivity contribution is -0.387. The van der Waals surface area contributed by atoms with Crippen molar-refractivity contribution in [3.63, 3.8) is 0 Å². The van der Waals surface area contributed by atoms with E-state index in [9.17, 15) is 23.3 Å². The number of anilines is 1. The van der Waals surface area contributed by atoms with Crippen LogP contribution in [0.4, 0.5) is 11.4 Å². The summed E-state index contributed by atoms with van der Waals surface area (Å²) in [6.07, 6.45) is 2.94. The molecule has 0 saturated carbocycles. The van der Waals surface area contributed by atoms with E-state index in [4.69, 9.17) is 18.9 Å². The Labute approximate surface area is 243 Å². The van der Waals surface area contributed by atoms with Crippen LogP contribution in [-0.2, 0) is 14.8 Å². The number of nitrogens with zero attached hydrogens (tertiary/aromatic N) is 3. The van der Waals surface area contributed by atoms with Crippen LogP contribution in [0.25, 0.3) is 0 Å². The lowest BCUT2D eigenvalue weighted by Crippen LogP contribution is -2.40. The van der Waals surface area contributed by atoms with Gasteiger partial charge in [0.25, 0.3) is 21.6 Å². The summed E-state index contributed by atoms with van der Waals surface area (Å²) in [6.45, 7) is 5.33. The van der Waals surface area contributed by atoms with Crippen LogP contribution in [0.2, 0.25) is 0 Å². The van der Waals surface area contributed by atoms with E-state index >= 15 is 0 Å². The van der Waals surface area contributed by atoms with E-state index < -0.39 is 38.0 Å². The van der Waals surface area contributed by atoms with Crippen molar-refractivity contribution in [2.75, 3.05) is 38.3 Å². The van der Waals surface area contributed by atoms with Crippen LogP contribution in [0.3, 0.4) is 0 Å². The number of hydrazone groups is 1. The Balaban J connectivity index is 1.93. The summed E-state index contributed by atoms with van der Waals surface area (Å²) in [4.78, 5) is 23.2. The first kappa shape index (κ1) is 31.4. The number of sulfonamides is 1. The number of hydrogen-bond donors (Lipinski definition) is 1. The maximum Gasteiger partial charge on any atom is 0.289 e. The quantitative estimate of drug-likeness (QED) is 0.118. The number of carbonyl (C=O) groups is 1. The van der Waals surface area contributed by atoms with Gasteiger partial charge >= 0.3 is 0 Å². The zero-order valence-corrected chi connectivity index (χ0v) is 24.0. The molecule has 3 aromatic carbocycles. The summed E-state index contributed by atoms with van der Waals surface area (Å²) in [7, 11) is -1.93. The maximum absolute atomic E-state index is 13.8. The molecule has 3 rings (SSSR count). The summed E-state index contributed by atoms with van der Waals surface area (Å²) < 4.78 is 50.0. The summed E-state index contributed by atoms with van der Waals surface area (Å²) in [6, 6.07) is 14.1. The molecule has 0 radical (unpaired) electrons. The monoisotopic (exact) mass is 598 g/mol. The van der Waals surface area contributed by atoms with Crippen LogP contribution in [0.15, 0.2) is 83.3 Å². The normalized spacial score (nSPS) is 11.0. The van der Waals surface area contributed by atoms with E-state index in [1.807, 2.05) is 6.92 Å². The number of ether oxygens (including phenoxy) is 4. The Hall–Kier alpha value is -5.11. The van der Waals surface area contributed by atoms with E-state index in [0.29, 0.717) is 33.7 Å². The second kappa shape index (κ2) is 14.5. The van der Waals surface area contributed by atoms with Crippen molar-refractivity contribution >= 4 is 33.5 Å². The SMILES string of the molecule is C=CCOc1ccc(/C=N\NC(=O)CN(c2ccc(OC)cc2OC)S(=O)(=O)c2ccccc2[N+](=O)[O-])cc1OCC. The van der Waals surface area contributed by atoms with Crippen LogP contribution in [0.5, 0.6) is 23.0 Å². The van der Waals surface area contributed by atoms with Crippen molar-refractivity contribution in [2.24, 2.45) is 5.10 Å². The minimum Gasteiger partial charge on any atom is -0.497 e. The number of methoxy groups -OCH3 is 2. The molecule has 0 heterocycles. The summed E-state index contributed by atoms with van der Waals surface area (Å²) >= 11 is 0.